The van der Waals surface area contributed by atoms with Gasteiger partial charge in [-0.1, -0.05) is 12.8 Å². The van der Waals surface area contributed by atoms with Crippen LogP contribution in [-0.4, -0.2) is 19.0 Å². The van der Waals surface area contributed by atoms with E-state index in [9.17, 15) is 4.79 Å². The minimum absolute atomic E-state index is 0.0899. The molecule has 0 bridgehead atoms. The molecule has 1 amide bonds. The average Bonchev–Trinajstić information content (AvgIpc) is 3.14. The highest BCUT2D eigenvalue weighted by Crippen LogP contribution is 2.34. The molecule has 98 valence electrons. The maximum atomic E-state index is 11.6. The third kappa shape index (κ3) is 3.15. The Kier molecular flexibility index (Phi) is 3.75. The van der Waals surface area contributed by atoms with Crippen LogP contribution in [-0.2, 0) is 0 Å². The number of hydrogen-bond acceptors (Lipinski definition) is 3. The number of amides is 1. The van der Waals surface area contributed by atoms with Crippen molar-refractivity contribution in [2.75, 3.05) is 18.1 Å². The Bertz CT molecular complexity index is 441. The fourth-order valence-electron chi connectivity index (χ4n) is 2.14. The maximum Gasteiger partial charge on any atom is 0.251 e. The summed E-state index contributed by atoms with van der Waals surface area (Å²) >= 11 is 0. The second-order valence-corrected chi connectivity index (χ2v) is 5.11. The van der Waals surface area contributed by atoms with E-state index in [4.69, 9.17) is 5.73 Å². The first-order chi connectivity index (χ1) is 8.60. The number of rotatable bonds is 5. The quantitative estimate of drug-likeness (QED) is 0.699. The van der Waals surface area contributed by atoms with E-state index in [1.807, 2.05) is 6.07 Å². The van der Waals surface area contributed by atoms with Gasteiger partial charge in [0.1, 0.15) is 0 Å². The van der Waals surface area contributed by atoms with Crippen molar-refractivity contribution in [2.45, 2.75) is 32.2 Å². The lowest BCUT2D eigenvalue weighted by molar-refractivity contribution is 0.0963. The van der Waals surface area contributed by atoms with Crippen LogP contribution in [0.2, 0.25) is 0 Å². The van der Waals surface area contributed by atoms with Gasteiger partial charge in [0.25, 0.3) is 5.91 Å². The Morgan fingerprint density at radius 3 is 2.83 bits per heavy atom. The molecule has 1 aliphatic carbocycles. The summed E-state index contributed by atoms with van der Waals surface area (Å²) in [5, 5.41) is 6.01. The molecule has 4 nitrogen and oxygen atoms in total. The molecule has 1 atom stereocenters. The normalized spacial score (nSPS) is 16.1. The first-order valence-electron chi connectivity index (χ1n) is 6.48. The fraction of sp³-hybridized carbons (Fsp3) is 0.500. The van der Waals surface area contributed by atoms with E-state index < -0.39 is 0 Å². The van der Waals surface area contributed by atoms with Crippen LogP contribution in [0, 0.1) is 5.92 Å². The first kappa shape index (κ1) is 12.7. The zero-order valence-electron chi connectivity index (χ0n) is 11.0. The van der Waals surface area contributed by atoms with Crippen LogP contribution in [0.3, 0.4) is 0 Å². The van der Waals surface area contributed by atoms with Gasteiger partial charge in [-0.25, -0.2) is 0 Å². The molecular formula is C14H21N3O. The second kappa shape index (κ2) is 5.29. The Morgan fingerprint density at radius 1 is 1.50 bits per heavy atom. The number of hydrogen-bond donors (Lipinski definition) is 3. The number of carbonyl (C=O) groups excluding carboxylic acids is 1. The molecule has 1 aromatic rings. The Balaban J connectivity index is 2.07. The molecule has 4 N–H and O–H groups in total. The van der Waals surface area contributed by atoms with E-state index in [2.05, 4.69) is 17.6 Å². The van der Waals surface area contributed by atoms with Crippen molar-refractivity contribution in [2.24, 2.45) is 5.92 Å². The summed E-state index contributed by atoms with van der Waals surface area (Å²) < 4.78 is 0. The maximum absolute atomic E-state index is 11.6. The standard InChI is InChI=1S/C14H21N3O/c1-9(7-10-3-4-10)17-13-8-11(14(18)16-2)5-6-12(13)15/h5-6,8-10,17H,3-4,7,15H2,1-2H3,(H,16,18). The fourth-order valence-corrected chi connectivity index (χ4v) is 2.14. The van der Waals surface area contributed by atoms with E-state index in [1.54, 1.807) is 19.2 Å². The number of carbonyl (C=O) groups is 1. The highest BCUT2D eigenvalue weighted by molar-refractivity contribution is 5.96. The molecular weight excluding hydrogens is 226 g/mol. The largest absolute Gasteiger partial charge is 0.397 e. The van der Waals surface area contributed by atoms with Crippen LogP contribution in [0.5, 0.6) is 0 Å². The van der Waals surface area contributed by atoms with Crippen LogP contribution < -0.4 is 16.4 Å². The molecule has 0 aliphatic heterocycles. The zero-order valence-corrected chi connectivity index (χ0v) is 11.0. The van der Waals surface area contributed by atoms with Crippen molar-refractivity contribution in [1.82, 2.24) is 5.32 Å². The topological polar surface area (TPSA) is 67.2 Å². The van der Waals surface area contributed by atoms with Crippen molar-refractivity contribution in [3.05, 3.63) is 23.8 Å². The van der Waals surface area contributed by atoms with Crippen molar-refractivity contribution in [1.29, 1.82) is 0 Å². The van der Waals surface area contributed by atoms with Crippen molar-refractivity contribution in [3.8, 4) is 0 Å². The molecule has 2 rings (SSSR count). The van der Waals surface area contributed by atoms with Gasteiger partial charge in [-0.2, -0.15) is 0 Å². The molecule has 1 saturated carbocycles. The zero-order chi connectivity index (χ0) is 13.1. The lowest BCUT2D eigenvalue weighted by atomic mass is 10.1. The highest BCUT2D eigenvalue weighted by Gasteiger charge is 2.23. The van der Waals surface area contributed by atoms with E-state index in [0.717, 1.165) is 11.6 Å². The molecule has 1 aromatic carbocycles. The van der Waals surface area contributed by atoms with Crippen LogP contribution in [0.1, 0.15) is 36.5 Å². The van der Waals surface area contributed by atoms with Gasteiger partial charge < -0.3 is 16.4 Å². The summed E-state index contributed by atoms with van der Waals surface area (Å²) in [5.74, 6) is 0.781. The summed E-state index contributed by atoms with van der Waals surface area (Å²) in [5.41, 5.74) is 8.10. The first-order valence-corrected chi connectivity index (χ1v) is 6.48. The molecule has 0 spiro atoms. The van der Waals surface area contributed by atoms with E-state index in [-0.39, 0.29) is 5.91 Å². The molecule has 0 radical (unpaired) electrons. The Morgan fingerprint density at radius 2 is 2.22 bits per heavy atom. The summed E-state index contributed by atoms with van der Waals surface area (Å²) in [6.07, 6.45) is 3.86. The van der Waals surface area contributed by atoms with E-state index in [1.165, 1.54) is 19.3 Å². The highest BCUT2D eigenvalue weighted by atomic mass is 16.1. The lowest BCUT2D eigenvalue weighted by Crippen LogP contribution is -2.20. The van der Waals surface area contributed by atoms with Crippen molar-refractivity contribution >= 4 is 17.3 Å². The van der Waals surface area contributed by atoms with E-state index >= 15 is 0 Å². The van der Waals surface area contributed by atoms with Crippen molar-refractivity contribution < 1.29 is 4.79 Å². The van der Waals surface area contributed by atoms with Crippen LogP contribution in [0.25, 0.3) is 0 Å². The number of nitrogens with one attached hydrogen (secondary N) is 2. The summed E-state index contributed by atoms with van der Waals surface area (Å²) in [6.45, 7) is 2.16. The van der Waals surface area contributed by atoms with Gasteiger partial charge in [0.2, 0.25) is 0 Å². The van der Waals surface area contributed by atoms with Crippen LogP contribution in [0.15, 0.2) is 18.2 Å². The predicted octanol–water partition coefficient (Wildman–Crippen LogP) is 2.23. The molecule has 0 saturated heterocycles. The lowest BCUT2D eigenvalue weighted by Gasteiger charge is -2.17. The summed E-state index contributed by atoms with van der Waals surface area (Å²) in [7, 11) is 1.63. The van der Waals surface area contributed by atoms with Gasteiger partial charge >= 0.3 is 0 Å². The third-order valence-electron chi connectivity index (χ3n) is 3.33. The summed E-state index contributed by atoms with van der Waals surface area (Å²) in [6, 6.07) is 5.72. The van der Waals surface area contributed by atoms with Crippen LogP contribution >= 0.6 is 0 Å². The molecule has 18 heavy (non-hydrogen) atoms. The van der Waals surface area contributed by atoms with Gasteiger partial charge in [0, 0.05) is 18.7 Å². The van der Waals surface area contributed by atoms with Gasteiger partial charge in [0.05, 0.1) is 11.4 Å². The van der Waals surface area contributed by atoms with Crippen LogP contribution in [0.4, 0.5) is 11.4 Å². The molecule has 1 unspecified atom stereocenters. The molecule has 4 heteroatoms. The molecule has 0 heterocycles. The SMILES string of the molecule is CNC(=O)c1ccc(N)c(NC(C)CC2CC2)c1. The predicted molar refractivity (Wildman–Crippen MR) is 74.7 cm³/mol. The third-order valence-corrected chi connectivity index (χ3v) is 3.33. The monoisotopic (exact) mass is 247 g/mol. The average molecular weight is 247 g/mol. The molecule has 0 aromatic heterocycles. The minimum atomic E-state index is -0.0899. The number of nitrogen functional groups attached to an aromatic ring is 1. The smallest absolute Gasteiger partial charge is 0.251 e. The number of benzene rings is 1. The molecule has 1 aliphatic rings. The second-order valence-electron chi connectivity index (χ2n) is 5.11. The van der Waals surface area contributed by atoms with Gasteiger partial charge in [-0.15, -0.1) is 0 Å². The number of nitrogens with two attached hydrogens (primary N) is 1. The molecule has 1 fully saturated rings. The Labute approximate surface area is 108 Å². The number of anilines is 2. The summed E-state index contributed by atoms with van der Waals surface area (Å²) in [4.78, 5) is 11.6. The van der Waals surface area contributed by atoms with Gasteiger partial charge in [-0.3, -0.25) is 4.79 Å². The van der Waals surface area contributed by atoms with Gasteiger partial charge in [0.15, 0.2) is 0 Å². The van der Waals surface area contributed by atoms with Crippen molar-refractivity contribution in [3.63, 3.8) is 0 Å². The van der Waals surface area contributed by atoms with Gasteiger partial charge in [-0.05, 0) is 37.5 Å². The Hall–Kier alpha value is -1.71. The van der Waals surface area contributed by atoms with E-state index in [0.29, 0.717) is 17.3 Å². The minimum Gasteiger partial charge on any atom is -0.397 e.